The van der Waals surface area contributed by atoms with Gasteiger partial charge in [-0.1, -0.05) is 0 Å². The summed E-state index contributed by atoms with van der Waals surface area (Å²) in [5.41, 5.74) is -4.74. The third-order valence-corrected chi connectivity index (χ3v) is 6.57. The molecule has 0 spiro atoms. The fourth-order valence-electron chi connectivity index (χ4n) is 4.71. The van der Waals surface area contributed by atoms with Crippen LogP contribution in [0.4, 0.5) is 39.5 Å². The van der Waals surface area contributed by atoms with Gasteiger partial charge in [0.1, 0.15) is 0 Å². The molecule has 0 aliphatic heterocycles. The van der Waals surface area contributed by atoms with Gasteiger partial charge in [-0.3, -0.25) is 0 Å². The molecule has 2 nitrogen and oxygen atoms in total. The topological polar surface area (TPSA) is 25.8 Å². The normalized spacial score (nSPS) is 14.6. The lowest BCUT2D eigenvalue weighted by Crippen LogP contribution is -2.19. The summed E-state index contributed by atoms with van der Waals surface area (Å²) in [5.74, 6) is 0. The van der Waals surface area contributed by atoms with Crippen molar-refractivity contribution in [1.29, 1.82) is 0 Å². The molecule has 0 saturated heterocycles. The molecule has 2 aromatic carbocycles. The second-order valence-corrected chi connectivity index (χ2v) is 9.20. The van der Waals surface area contributed by atoms with Gasteiger partial charge in [0.15, 0.2) is 0 Å². The van der Waals surface area contributed by atoms with Crippen molar-refractivity contribution < 1.29 is 39.5 Å². The van der Waals surface area contributed by atoms with E-state index in [0.29, 0.717) is 30.3 Å². The molecule has 0 radical (unpaired) electrons. The van der Waals surface area contributed by atoms with Crippen LogP contribution in [0.1, 0.15) is 57.6 Å². The predicted octanol–water partition coefficient (Wildman–Crippen LogP) is 8.67. The number of alkyl halides is 9. The van der Waals surface area contributed by atoms with Crippen molar-refractivity contribution in [2.75, 3.05) is 0 Å². The zero-order valence-corrected chi connectivity index (χ0v) is 19.9. The minimum absolute atomic E-state index is 0.0200. The molecular weight excluding hydrogens is 511 g/mol. The summed E-state index contributed by atoms with van der Waals surface area (Å²) in [4.78, 5) is 8.98. The summed E-state index contributed by atoms with van der Waals surface area (Å²) >= 11 is 0. The van der Waals surface area contributed by atoms with E-state index < -0.39 is 40.8 Å². The maximum Gasteiger partial charge on any atom is 0.417 e. The first-order valence-electron chi connectivity index (χ1n) is 11.4. The maximum atomic E-state index is 13.8. The van der Waals surface area contributed by atoms with Crippen LogP contribution in [0.15, 0.2) is 24.3 Å². The highest BCUT2D eigenvalue weighted by Crippen LogP contribution is 2.45. The van der Waals surface area contributed by atoms with E-state index >= 15 is 0 Å². The standard InChI is InChI=1S/C26H21F9N2/c1-12-8-15(10-17(14(12)3)24(27,28)29)22-23(37-20-7-5-4-6-19(20)36-22)16-9-13(2)21(26(33,34)35)18(11-16)25(30,31)32/h8-11H,4-7H2,1-3H3. The number of rotatable bonds is 2. The molecule has 11 heteroatoms. The van der Waals surface area contributed by atoms with Gasteiger partial charge in [0.2, 0.25) is 0 Å². The van der Waals surface area contributed by atoms with Gasteiger partial charge in [0.25, 0.3) is 0 Å². The fourth-order valence-corrected chi connectivity index (χ4v) is 4.71. The molecule has 1 heterocycles. The molecule has 3 aromatic rings. The van der Waals surface area contributed by atoms with Crippen molar-refractivity contribution in [3.8, 4) is 22.5 Å². The Morgan fingerprint density at radius 3 is 1.43 bits per heavy atom. The third kappa shape index (κ3) is 5.17. The number of aryl methyl sites for hydroxylation is 4. The van der Waals surface area contributed by atoms with E-state index in [-0.39, 0.29) is 33.6 Å². The van der Waals surface area contributed by atoms with Gasteiger partial charge in [-0.25, -0.2) is 9.97 Å². The molecule has 4 rings (SSSR count). The van der Waals surface area contributed by atoms with Crippen LogP contribution < -0.4 is 0 Å². The lowest BCUT2D eigenvalue weighted by molar-refractivity contribution is -0.162. The van der Waals surface area contributed by atoms with Gasteiger partial charge in [-0.2, -0.15) is 39.5 Å². The molecule has 0 N–H and O–H groups in total. The van der Waals surface area contributed by atoms with E-state index in [9.17, 15) is 39.5 Å². The van der Waals surface area contributed by atoms with Crippen molar-refractivity contribution in [3.05, 3.63) is 69.0 Å². The fraction of sp³-hybridized carbons (Fsp3) is 0.385. The smallest absolute Gasteiger partial charge is 0.249 e. The SMILES string of the molecule is Cc1cc(-c2nc3c(nc2-c2cc(C)c(C(F)(F)F)c(C(F)(F)F)c2)CCCC3)cc(C(F)(F)F)c1C. The van der Waals surface area contributed by atoms with Gasteiger partial charge in [0, 0.05) is 11.1 Å². The van der Waals surface area contributed by atoms with Crippen LogP contribution in [0.3, 0.4) is 0 Å². The van der Waals surface area contributed by atoms with E-state index in [1.165, 1.54) is 19.9 Å². The van der Waals surface area contributed by atoms with E-state index in [1.54, 1.807) is 0 Å². The number of aromatic nitrogens is 2. The predicted molar refractivity (Wildman–Crippen MR) is 119 cm³/mol. The molecule has 0 atom stereocenters. The third-order valence-electron chi connectivity index (χ3n) is 6.57. The Morgan fingerprint density at radius 1 is 0.568 bits per heavy atom. The van der Waals surface area contributed by atoms with Crippen molar-refractivity contribution in [1.82, 2.24) is 9.97 Å². The average molecular weight is 532 g/mol. The summed E-state index contributed by atoms with van der Waals surface area (Å²) in [5, 5.41) is 0. The van der Waals surface area contributed by atoms with Crippen molar-refractivity contribution in [2.24, 2.45) is 0 Å². The zero-order valence-electron chi connectivity index (χ0n) is 19.9. The summed E-state index contributed by atoms with van der Waals surface area (Å²) in [7, 11) is 0. The van der Waals surface area contributed by atoms with Crippen molar-refractivity contribution in [3.63, 3.8) is 0 Å². The van der Waals surface area contributed by atoms with Crippen molar-refractivity contribution >= 4 is 0 Å². The number of benzene rings is 2. The zero-order chi connectivity index (χ0) is 27.5. The van der Waals surface area contributed by atoms with E-state index in [1.807, 2.05) is 0 Å². The number of nitrogens with zero attached hydrogens (tertiary/aromatic N) is 2. The Balaban J connectivity index is 2.06. The van der Waals surface area contributed by atoms with Gasteiger partial charge in [0.05, 0.1) is 39.5 Å². The monoisotopic (exact) mass is 532 g/mol. The van der Waals surface area contributed by atoms with Gasteiger partial charge >= 0.3 is 18.5 Å². The molecule has 0 fully saturated rings. The Bertz CT molecular complexity index is 1370. The van der Waals surface area contributed by atoms with Crippen LogP contribution in [-0.2, 0) is 31.4 Å². The highest BCUT2D eigenvalue weighted by Gasteiger charge is 2.45. The summed E-state index contributed by atoms with van der Waals surface area (Å²) in [6.07, 6.45) is -12.9. The molecule has 0 bridgehead atoms. The molecule has 0 unspecified atom stereocenters. The van der Waals surface area contributed by atoms with E-state index in [4.69, 9.17) is 0 Å². The molecule has 37 heavy (non-hydrogen) atoms. The number of halogens is 9. The second-order valence-electron chi connectivity index (χ2n) is 9.20. The maximum absolute atomic E-state index is 13.8. The minimum Gasteiger partial charge on any atom is -0.249 e. The Kier molecular flexibility index (Phi) is 6.57. The first kappa shape index (κ1) is 26.9. The minimum atomic E-state index is -5.34. The van der Waals surface area contributed by atoms with Crippen LogP contribution in [0, 0.1) is 20.8 Å². The Labute approximate surface area is 206 Å². The molecular formula is C26H21F9N2. The molecule has 0 saturated carbocycles. The highest BCUT2D eigenvalue weighted by molar-refractivity contribution is 5.80. The Hall–Kier alpha value is -3.11. The summed E-state index contributed by atoms with van der Waals surface area (Å²) in [6.45, 7) is 3.67. The lowest BCUT2D eigenvalue weighted by Gasteiger charge is -2.22. The lowest BCUT2D eigenvalue weighted by atomic mass is 9.91. The molecule has 1 aliphatic rings. The second kappa shape index (κ2) is 9.02. The quantitative estimate of drug-likeness (QED) is 0.309. The largest absolute Gasteiger partial charge is 0.417 e. The Morgan fingerprint density at radius 2 is 1.00 bits per heavy atom. The number of fused-ring (bicyclic) bond motifs is 1. The molecule has 0 amide bonds. The molecule has 198 valence electrons. The molecule has 1 aromatic heterocycles. The summed E-state index contributed by atoms with van der Waals surface area (Å²) in [6, 6.07) is 3.55. The average Bonchev–Trinajstić information content (AvgIpc) is 2.77. The van der Waals surface area contributed by atoms with Crippen LogP contribution in [0.25, 0.3) is 22.5 Å². The first-order valence-corrected chi connectivity index (χ1v) is 11.4. The number of hydrogen-bond donors (Lipinski definition) is 0. The number of hydrogen-bond acceptors (Lipinski definition) is 2. The van der Waals surface area contributed by atoms with E-state index in [2.05, 4.69) is 9.97 Å². The van der Waals surface area contributed by atoms with Gasteiger partial charge in [-0.15, -0.1) is 0 Å². The van der Waals surface area contributed by atoms with Crippen molar-refractivity contribution in [2.45, 2.75) is 65.0 Å². The van der Waals surface area contributed by atoms with Crippen LogP contribution in [-0.4, -0.2) is 9.97 Å². The van der Waals surface area contributed by atoms with Crippen LogP contribution in [0.2, 0.25) is 0 Å². The van der Waals surface area contributed by atoms with E-state index in [0.717, 1.165) is 31.9 Å². The van der Waals surface area contributed by atoms with Gasteiger partial charge < -0.3 is 0 Å². The molecule has 1 aliphatic carbocycles. The highest BCUT2D eigenvalue weighted by atomic mass is 19.4. The summed E-state index contributed by atoms with van der Waals surface area (Å²) < 4.78 is 123. The first-order chi connectivity index (χ1) is 17.0. The van der Waals surface area contributed by atoms with Gasteiger partial charge in [-0.05, 0) is 87.4 Å². The van der Waals surface area contributed by atoms with Crippen LogP contribution in [0.5, 0.6) is 0 Å². The van der Waals surface area contributed by atoms with Crippen LogP contribution >= 0.6 is 0 Å².